The maximum absolute atomic E-state index is 6.33. The first-order valence-corrected chi connectivity index (χ1v) is 10.7. The summed E-state index contributed by atoms with van der Waals surface area (Å²) >= 11 is 9.20. The number of thiophene rings is 1. The molecule has 4 rings (SSSR count). The quantitative estimate of drug-likeness (QED) is 0.461. The SMILES string of the molecule is CCC1(C)Cc2c(sc3nc(SCc4ccc(Cl)cc4)nc(N)c23)CO1. The molecular formula is C19H20ClN3OS2. The number of halogens is 1. The third kappa shape index (κ3) is 3.43. The van der Waals surface area contributed by atoms with Crippen LogP contribution >= 0.6 is 34.7 Å². The molecule has 1 aliphatic rings. The molecule has 1 atom stereocenters. The van der Waals surface area contributed by atoms with Crippen molar-refractivity contribution < 1.29 is 4.74 Å². The lowest BCUT2D eigenvalue weighted by molar-refractivity contribution is -0.0542. The van der Waals surface area contributed by atoms with E-state index < -0.39 is 0 Å². The van der Waals surface area contributed by atoms with Crippen LogP contribution in [0.4, 0.5) is 5.82 Å². The van der Waals surface area contributed by atoms with Crippen LogP contribution in [0.1, 0.15) is 36.3 Å². The van der Waals surface area contributed by atoms with Gasteiger partial charge in [-0.1, -0.05) is 42.4 Å². The number of hydrogen-bond acceptors (Lipinski definition) is 6. The van der Waals surface area contributed by atoms with Crippen molar-refractivity contribution in [2.75, 3.05) is 5.73 Å². The van der Waals surface area contributed by atoms with E-state index in [2.05, 4.69) is 18.8 Å². The summed E-state index contributed by atoms with van der Waals surface area (Å²) in [6, 6.07) is 7.83. The van der Waals surface area contributed by atoms with Gasteiger partial charge < -0.3 is 10.5 Å². The lowest BCUT2D eigenvalue weighted by Gasteiger charge is -2.33. The van der Waals surface area contributed by atoms with Gasteiger partial charge in [-0.3, -0.25) is 0 Å². The molecule has 0 bridgehead atoms. The maximum atomic E-state index is 6.33. The second-order valence-corrected chi connectivity index (χ2v) is 9.22. The molecule has 1 aliphatic heterocycles. The number of hydrogen-bond donors (Lipinski definition) is 1. The molecule has 0 spiro atoms. The summed E-state index contributed by atoms with van der Waals surface area (Å²) in [5.41, 5.74) is 8.65. The average molecular weight is 406 g/mol. The number of rotatable bonds is 4. The Kier molecular flexibility index (Phi) is 4.86. The largest absolute Gasteiger partial charge is 0.383 e. The molecule has 136 valence electrons. The fourth-order valence-electron chi connectivity index (χ4n) is 3.10. The highest BCUT2D eigenvalue weighted by atomic mass is 35.5. The minimum atomic E-state index is -0.130. The predicted molar refractivity (Wildman–Crippen MR) is 110 cm³/mol. The molecule has 0 amide bonds. The van der Waals surface area contributed by atoms with Crippen LogP contribution in [-0.4, -0.2) is 15.6 Å². The molecule has 1 aromatic carbocycles. The third-order valence-corrected chi connectivity index (χ3v) is 7.14. The Balaban J connectivity index is 1.62. The number of nitrogens with two attached hydrogens (primary N) is 1. The van der Waals surface area contributed by atoms with Gasteiger partial charge in [-0.2, -0.15) is 0 Å². The van der Waals surface area contributed by atoms with Crippen molar-refractivity contribution in [3.63, 3.8) is 0 Å². The van der Waals surface area contributed by atoms with Gasteiger partial charge in [0.2, 0.25) is 0 Å². The van der Waals surface area contributed by atoms with E-state index in [0.29, 0.717) is 17.6 Å². The van der Waals surface area contributed by atoms with Crippen molar-refractivity contribution in [1.82, 2.24) is 9.97 Å². The normalized spacial score (nSPS) is 19.7. The first kappa shape index (κ1) is 18.0. The Labute approximate surface area is 166 Å². The van der Waals surface area contributed by atoms with Crippen molar-refractivity contribution in [2.24, 2.45) is 0 Å². The average Bonchev–Trinajstić information content (AvgIpc) is 2.99. The van der Waals surface area contributed by atoms with E-state index in [0.717, 1.165) is 33.8 Å². The number of thioether (sulfide) groups is 1. The summed E-state index contributed by atoms with van der Waals surface area (Å²) in [7, 11) is 0. The smallest absolute Gasteiger partial charge is 0.191 e. The molecule has 26 heavy (non-hydrogen) atoms. The molecule has 2 N–H and O–H groups in total. The van der Waals surface area contributed by atoms with E-state index in [4.69, 9.17) is 27.1 Å². The van der Waals surface area contributed by atoms with Crippen molar-refractivity contribution in [3.8, 4) is 0 Å². The first-order chi connectivity index (χ1) is 12.5. The number of aromatic nitrogens is 2. The number of ether oxygens (including phenoxy) is 1. The van der Waals surface area contributed by atoms with E-state index in [1.54, 1.807) is 23.1 Å². The molecule has 7 heteroatoms. The molecular weight excluding hydrogens is 386 g/mol. The monoisotopic (exact) mass is 405 g/mol. The van der Waals surface area contributed by atoms with Gasteiger partial charge in [0.05, 0.1) is 17.6 Å². The zero-order valence-corrected chi connectivity index (χ0v) is 17.1. The van der Waals surface area contributed by atoms with Crippen LogP contribution < -0.4 is 5.73 Å². The highest BCUT2D eigenvalue weighted by Gasteiger charge is 2.32. The van der Waals surface area contributed by atoms with Gasteiger partial charge in [0.15, 0.2) is 5.16 Å². The van der Waals surface area contributed by atoms with Gasteiger partial charge in [-0.25, -0.2) is 9.97 Å². The zero-order valence-electron chi connectivity index (χ0n) is 14.7. The highest BCUT2D eigenvalue weighted by molar-refractivity contribution is 7.98. The topological polar surface area (TPSA) is 61.0 Å². The summed E-state index contributed by atoms with van der Waals surface area (Å²) in [5.74, 6) is 1.36. The van der Waals surface area contributed by atoms with Gasteiger partial charge in [0, 0.05) is 22.1 Å². The molecule has 4 nitrogen and oxygen atoms in total. The molecule has 0 radical (unpaired) electrons. The second-order valence-electron chi connectivity index (χ2n) is 6.76. The van der Waals surface area contributed by atoms with E-state index in [1.807, 2.05) is 24.3 Å². The predicted octanol–water partition coefficient (Wildman–Crippen LogP) is 5.46. The Morgan fingerprint density at radius 1 is 1.31 bits per heavy atom. The van der Waals surface area contributed by atoms with E-state index in [1.165, 1.54) is 16.0 Å². The fourth-order valence-corrected chi connectivity index (χ4v) is 5.20. The Morgan fingerprint density at radius 3 is 2.81 bits per heavy atom. The third-order valence-electron chi connectivity index (χ3n) is 4.87. The Hall–Kier alpha value is -1.34. The van der Waals surface area contributed by atoms with E-state index >= 15 is 0 Å². The minimum absolute atomic E-state index is 0.130. The molecule has 0 fully saturated rings. The molecule has 0 saturated carbocycles. The van der Waals surface area contributed by atoms with Crippen LogP contribution in [0.3, 0.4) is 0 Å². The van der Waals surface area contributed by atoms with Crippen LogP contribution in [0.25, 0.3) is 10.2 Å². The molecule has 0 aliphatic carbocycles. The summed E-state index contributed by atoms with van der Waals surface area (Å²) in [5, 5.41) is 2.47. The highest BCUT2D eigenvalue weighted by Crippen LogP contribution is 2.41. The summed E-state index contributed by atoms with van der Waals surface area (Å²) in [6.07, 6.45) is 1.84. The van der Waals surface area contributed by atoms with Crippen LogP contribution in [-0.2, 0) is 23.5 Å². The van der Waals surface area contributed by atoms with Crippen molar-refractivity contribution >= 4 is 50.7 Å². The summed E-state index contributed by atoms with van der Waals surface area (Å²) in [4.78, 5) is 11.5. The molecule has 0 saturated heterocycles. The number of nitrogens with zero attached hydrogens (tertiary/aromatic N) is 2. The van der Waals surface area contributed by atoms with Crippen molar-refractivity contribution in [3.05, 3.63) is 45.3 Å². The summed E-state index contributed by atoms with van der Waals surface area (Å²) < 4.78 is 6.06. The van der Waals surface area contributed by atoms with Gasteiger partial charge in [-0.05, 0) is 36.6 Å². The van der Waals surface area contributed by atoms with Crippen molar-refractivity contribution in [2.45, 2.75) is 49.8 Å². The molecule has 1 unspecified atom stereocenters. The van der Waals surface area contributed by atoms with Crippen LogP contribution in [0.2, 0.25) is 5.02 Å². The van der Waals surface area contributed by atoms with E-state index in [9.17, 15) is 0 Å². The van der Waals surface area contributed by atoms with Gasteiger partial charge >= 0.3 is 0 Å². The maximum Gasteiger partial charge on any atom is 0.191 e. The molecule has 3 aromatic rings. The Bertz CT molecular complexity index is 958. The van der Waals surface area contributed by atoms with Gasteiger partial charge in [-0.15, -0.1) is 11.3 Å². The number of fused-ring (bicyclic) bond motifs is 3. The first-order valence-electron chi connectivity index (χ1n) is 8.56. The number of benzene rings is 1. The van der Waals surface area contributed by atoms with E-state index in [-0.39, 0.29) is 5.60 Å². The summed E-state index contributed by atoms with van der Waals surface area (Å²) in [6.45, 7) is 4.95. The number of nitrogen functional groups attached to an aromatic ring is 1. The van der Waals surface area contributed by atoms with Gasteiger partial charge in [0.1, 0.15) is 10.6 Å². The Morgan fingerprint density at radius 2 is 2.08 bits per heavy atom. The standard InChI is InChI=1S/C19H20ClN3OS2/c1-3-19(2)8-13-14(9-24-19)26-17-15(13)16(21)22-18(23-17)25-10-11-4-6-12(20)7-5-11/h4-7H,3,8-10H2,1-2H3,(H2,21,22,23). The van der Waals surface area contributed by atoms with Crippen LogP contribution in [0.15, 0.2) is 29.4 Å². The molecule has 3 heterocycles. The van der Waals surface area contributed by atoms with Crippen LogP contribution in [0, 0.1) is 0 Å². The molecule has 2 aromatic heterocycles. The zero-order chi connectivity index (χ0) is 18.3. The fraction of sp³-hybridized carbons (Fsp3) is 0.368. The number of anilines is 1. The van der Waals surface area contributed by atoms with Crippen LogP contribution in [0.5, 0.6) is 0 Å². The second kappa shape index (κ2) is 7.00. The van der Waals surface area contributed by atoms with Crippen molar-refractivity contribution in [1.29, 1.82) is 0 Å². The lowest BCUT2D eigenvalue weighted by atomic mass is 9.90. The minimum Gasteiger partial charge on any atom is -0.383 e. The van der Waals surface area contributed by atoms with Gasteiger partial charge in [0.25, 0.3) is 0 Å². The lowest BCUT2D eigenvalue weighted by Crippen LogP contribution is -2.33.